The molecule has 0 aliphatic carbocycles. The van der Waals surface area contributed by atoms with E-state index in [0.717, 1.165) is 22.2 Å². The van der Waals surface area contributed by atoms with Crippen molar-refractivity contribution in [1.29, 1.82) is 0 Å². The van der Waals surface area contributed by atoms with E-state index in [1.54, 1.807) is 25.1 Å². The zero-order valence-electron chi connectivity index (χ0n) is 20.6. The van der Waals surface area contributed by atoms with Crippen LogP contribution in [-0.2, 0) is 21.5 Å². The average Bonchev–Trinajstić information content (AvgIpc) is 3.14. The van der Waals surface area contributed by atoms with Crippen molar-refractivity contribution in [3.8, 4) is 11.5 Å². The third-order valence-corrected chi connectivity index (χ3v) is 8.44. The van der Waals surface area contributed by atoms with Gasteiger partial charge in [-0.05, 0) is 89.7 Å². The maximum absolute atomic E-state index is 13.0. The van der Waals surface area contributed by atoms with E-state index in [0.29, 0.717) is 14.7 Å². The first-order valence-electron chi connectivity index (χ1n) is 11.4. The molecule has 39 heavy (non-hydrogen) atoms. The summed E-state index contributed by atoms with van der Waals surface area (Å²) >= 11 is 2.68. The van der Waals surface area contributed by atoms with Crippen molar-refractivity contribution >= 4 is 67.4 Å². The first kappa shape index (κ1) is 28.6. The highest BCUT2D eigenvalue weighted by Crippen LogP contribution is 2.39. The van der Waals surface area contributed by atoms with Crippen LogP contribution in [0.1, 0.15) is 23.6 Å². The molecular formula is C26H21IN2O8S2. The van der Waals surface area contributed by atoms with Gasteiger partial charge in [-0.25, -0.2) is 0 Å². The second kappa shape index (κ2) is 11.8. The van der Waals surface area contributed by atoms with E-state index < -0.39 is 26.2 Å². The summed E-state index contributed by atoms with van der Waals surface area (Å²) in [5.41, 5.74) is 1.88. The fraction of sp³-hybridized carbons (Fsp3) is 0.154. The summed E-state index contributed by atoms with van der Waals surface area (Å²) in [5, 5.41) is 10.4. The molecule has 0 radical (unpaired) electrons. The lowest BCUT2D eigenvalue weighted by atomic mass is 10.1. The number of amides is 2. The molecule has 0 atom stereocenters. The summed E-state index contributed by atoms with van der Waals surface area (Å²) in [6.07, 6.45) is 1.52. The predicted octanol–water partition coefficient (Wildman–Crippen LogP) is 5.91. The minimum atomic E-state index is -4.14. The lowest BCUT2D eigenvalue weighted by molar-refractivity contribution is -0.384. The van der Waals surface area contributed by atoms with Crippen LogP contribution in [0, 0.1) is 20.6 Å². The maximum atomic E-state index is 13.0. The van der Waals surface area contributed by atoms with Gasteiger partial charge in [-0.2, -0.15) is 8.42 Å². The number of ether oxygens (including phenoxy) is 1. The second-order valence-corrected chi connectivity index (χ2v) is 12.0. The molecule has 1 fully saturated rings. The molecule has 0 unspecified atom stereocenters. The van der Waals surface area contributed by atoms with Crippen LogP contribution in [0.2, 0.25) is 0 Å². The van der Waals surface area contributed by atoms with Crippen molar-refractivity contribution in [1.82, 2.24) is 4.90 Å². The van der Waals surface area contributed by atoms with E-state index in [2.05, 4.69) is 0 Å². The molecule has 0 spiro atoms. The van der Waals surface area contributed by atoms with Crippen LogP contribution in [0.3, 0.4) is 0 Å². The quantitative estimate of drug-likeness (QED) is 0.0890. The number of aryl methyl sites for hydroxylation is 1. The number of imide groups is 1. The molecule has 0 N–H and O–H groups in total. The molecule has 0 saturated carbocycles. The summed E-state index contributed by atoms with van der Waals surface area (Å²) in [6, 6.07) is 15.0. The van der Waals surface area contributed by atoms with Gasteiger partial charge in [-0.1, -0.05) is 29.8 Å². The van der Waals surface area contributed by atoms with Gasteiger partial charge in [-0.3, -0.25) is 24.6 Å². The maximum Gasteiger partial charge on any atom is 0.339 e. The summed E-state index contributed by atoms with van der Waals surface area (Å²) in [6.45, 7) is 3.77. The van der Waals surface area contributed by atoms with E-state index in [1.165, 1.54) is 48.5 Å². The minimum Gasteiger partial charge on any atom is -0.490 e. The molecular weight excluding hydrogens is 659 g/mol. The Labute approximate surface area is 242 Å². The molecule has 13 heteroatoms. The second-order valence-electron chi connectivity index (χ2n) is 8.30. The number of rotatable bonds is 9. The van der Waals surface area contributed by atoms with Crippen molar-refractivity contribution in [2.75, 3.05) is 6.61 Å². The fourth-order valence-corrected chi connectivity index (χ4v) is 6.25. The van der Waals surface area contributed by atoms with Gasteiger partial charge in [0, 0.05) is 12.1 Å². The zero-order chi connectivity index (χ0) is 28.3. The number of benzene rings is 3. The van der Waals surface area contributed by atoms with Crippen molar-refractivity contribution in [3.05, 3.63) is 95.9 Å². The lowest BCUT2D eigenvalue weighted by Gasteiger charge is -2.15. The molecule has 1 aliphatic rings. The monoisotopic (exact) mass is 680 g/mol. The summed E-state index contributed by atoms with van der Waals surface area (Å²) < 4.78 is 37.3. The fourth-order valence-electron chi connectivity index (χ4n) is 3.57. The number of thioether (sulfide) groups is 1. The Morgan fingerprint density at radius 3 is 2.36 bits per heavy atom. The van der Waals surface area contributed by atoms with Gasteiger partial charge in [0.15, 0.2) is 11.5 Å². The van der Waals surface area contributed by atoms with Crippen LogP contribution >= 0.6 is 34.4 Å². The first-order chi connectivity index (χ1) is 18.5. The normalized spacial score (nSPS) is 14.6. The molecule has 3 aromatic rings. The largest absolute Gasteiger partial charge is 0.490 e. The molecule has 0 bridgehead atoms. The van der Waals surface area contributed by atoms with Gasteiger partial charge >= 0.3 is 10.1 Å². The van der Waals surface area contributed by atoms with Gasteiger partial charge in [0.2, 0.25) is 0 Å². The minimum absolute atomic E-state index is 0.00267. The van der Waals surface area contributed by atoms with Crippen LogP contribution in [0.25, 0.3) is 6.08 Å². The number of hydrogen-bond donors (Lipinski definition) is 0. The number of halogens is 1. The number of hydrogen-bond acceptors (Lipinski definition) is 9. The van der Waals surface area contributed by atoms with Crippen LogP contribution in [0.5, 0.6) is 11.5 Å². The molecule has 3 aromatic carbocycles. The van der Waals surface area contributed by atoms with Gasteiger partial charge in [0.1, 0.15) is 4.90 Å². The Bertz CT molecular complexity index is 1590. The molecule has 2 amide bonds. The predicted molar refractivity (Wildman–Crippen MR) is 154 cm³/mol. The molecule has 202 valence electrons. The van der Waals surface area contributed by atoms with Gasteiger partial charge in [0.25, 0.3) is 16.8 Å². The summed E-state index contributed by atoms with van der Waals surface area (Å²) in [7, 11) is -4.14. The van der Waals surface area contributed by atoms with Crippen molar-refractivity contribution in [3.63, 3.8) is 0 Å². The Morgan fingerprint density at radius 2 is 1.74 bits per heavy atom. The molecule has 1 heterocycles. The topological polar surface area (TPSA) is 133 Å². The number of carbonyl (C=O) groups excluding carboxylic acids is 2. The number of nitrogens with zero attached hydrogens (tertiary/aromatic N) is 2. The van der Waals surface area contributed by atoms with Gasteiger partial charge in [-0.15, -0.1) is 0 Å². The summed E-state index contributed by atoms with van der Waals surface area (Å²) in [5.74, 6) is -0.337. The van der Waals surface area contributed by atoms with Gasteiger partial charge < -0.3 is 8.92 Å². The number of nitro benzene ring substituents is 1. The molecule has 0 aromatic heterocycles. The van der Waals surface area contributed by atoms with Crippen molar-refractivity contribution < 1.29 is 31.9 Å². The lowest BCUT2D eigenvalue weighted by Crippen LogP contribution is -2.27. The highest BCUT2D eigenvalue weighted by Gasteiger charge is 2.35. The molecule has 1 saturated heterocycles. The Balaban J connectivity index is 1.59. The van der Waals surface area contributed by atoms with Crippen LogP contribution < -0.4 is 8.92 Å². The van der Waals surface area contributed by atoms with E-state index in [-0.39, 0.29) is 40.1 Å². The van der Waals surface area contributed by atoms with Crippen LogP contribution in [0.4, 0.5) is 10.5 Å². The Kier molecular flexibility index (Phi) is 8.61. The molecule has 1 aliphatic heterocycles. The van der Waals surface area contributed by atoms with Crippen LogP contribution in [0.15, 0.2) is 70.5 Å². The Morgan fingerprint density at radius 1 is 1.08 bits per heavy atom. The smallest absolute Gasteiger partial charge is 0.339 e. The number of carbonyl (C=O) groups is 2. The molecule has 4 rings (SSSR count). The number of nitro groups is 1. The van der Waals surface area contributed by atoms with E-state index >= 15 is 0 Å². The third-order valence-electron chi connectivity index (χ3n) is 5.49. The Hall–Kier alpha value is -3.43. The first-order valence-corrected chi connectivity index (χ1v) is 14.7. The summed E-state index contributed by atoms with van der Waals surface area (Å²) in [4.78, 5) is 37.1. The zero-order valence-corrected chi connectivity index (χ0v) is 24.4. The van der Waals surface area contributed by atoms with E-state index in [4.69, 9.17) is 8.92 Å². The van der Waals surface area contributed by atoms with Crippen molar-refractivity contribution in [2.45, 2.75) is 25.3 Å². The third kappa shape index (κ3) is 6.59. The average molecular weight is 680 g/mol. The number of non-ortho nitro benzene ring substituents is 1. The van der Waals surface area contributed by atoms with Gasteiger partial charge in [0.05, 0.1) is 26.6 Å². The van der Waals surface area contributed by atoms with Crippen molar-refractivity contribution in [2.24, 2.45) is 0 Å². The highest BCUT2D eigenvalue weighted by atomic mass is 127. The SMILES string of the molecule is CCOc1cc(/C=C2\SC(=O)N(Cc3ccc([N+](=O)[O-])cc3)C2=O)cc(I)c1OS(=O)(=O)c1ccc(C)cc1. The van der Waals surface area contributed by atoms with E-state index in [1.807, 2.05) is 29.5 Å². The molecule has 10 nitrogen and oxygen atoms in total. The van der Waals surface area contributed by atoms with E-state index in [9.17, 15) is 28.1 Å². The highest BCUT2D eigenvalue weighted by molar-refractivity contribution is 14.1. The van der Waals surface area contributed by atoms with Crippen LogP contribution in [-0.4, -0.2) is 36.0 Å². The standard InChI is InChI=1S/C26H21IN2O8S2/c1-3-36-22-13-18(12-21(27)24(22)37-39(34,35)20-10-4-16(2)5-11-20)14-23-25(30)28(26(31)38-23)15-17-6-8-19(9-7-17)29(32)33/h4-14H,3,15H2,1-2H3/b23-14-.